The zero-order chi connectivity index (χ0) is 16.2. The van der Waals surface area contributed by atoms with Crippen LogP contribution in [0.25, 0.3) is 0 Å². The Labute approximate surface area is 134 Å². The molecule has 0 fully saturated rings. The average Bonchev–Trinajstić information content (AvgIpc) is 2.94. The number of aliphatic hydroxyl groups excluding tert-OH is 1. The van der Waals surface area contributed by atoms with Gasteiger partial charge in [0, 0.05) is 32.3 Å². The Morgan fingerprint density at radius 1 is 1.23 bits per heavy atom. The number of unbranched alkanes of at least 4 members (excludes halogenated alkanes) is 4. The lowest BCUT2D eigenvalue weighted by Crippen LogP contribution is -2.23. The zero-order valence-electron chi connectivity index (χ0n) is 14.3. The molecule has 1 unspecified atom stereocenters. The van der Waals surface area contributed by atoms with E-state index >= 15 is 0 Å². The third-order valence-corrected chi connectivity index (χ3v) is 3.68. The Morgan fingerprint density at radius 3 is 2.64 bits per heavy atom. The van der Waals surface area contributed by atoms with Gasteiger partial charge in [-0.2, -0.15) is 0 Å². The minimum absolute atomic E-state index is 0.00895. The van der Waals surface area contributed by atoms with Crippen molar-refractivity contribution in [3.63, 3.8) is 0 Å². The van der Waals surface area contributed by atoms with E-state index in [9.17, 15) is 0 Å². The third kappa shape index (κ3) is 8.46. The maximum Gasteiger partial charge on any atom is 0.0858 e. The molecule has 2 N–H and O–H groups in total. The van der Waals surface area contributed by atoms with Crippen LogP contribution in [-0.2, 0) is 17.7 Å². The van der Waals surface area contributed by atoms with Crippen LogP contribution in [0.15, 0.2) is 6.20 Å². The van der Waals surface area contributed by atoms with Gasteiger partial charge in [0.2, 0.25) is 0 Å². The van der Waals surface area contributed by atoms with Gasteiger partial charge in [0.15, 0.2) is 0 Å². The SMILES string of the molecule is COC(CO)Cc1cn(CCCCCCCNC(C)C)nn1. The van der Waals surface area contributed by atoms with Crippen molar-refractivity contribution in [1.82, 2.24) is 20.3 Å². The van der Waals surface area contributed by atoms with Gasteiger partial charge in [0.1, 0.15) is 0 Å². The van der Waals surface area contributed by atoms with Gasteiger partial charge in [0.25, 0.3) is 0 Å². The lowest BCUT2D eigenvalue weighted by Gasteiger charge is -2.08. The van der Waals surface area contributed by atoms with Crippen LogP contribution in [-0.4, -0.2) is 52.5 Å². The molecule has 0 aromatic carbocycles. The molecule has 0 amide bonds. The molecule has 0 aliphatic heterocycles. The number of aliphatic hydroxyl groups is 1. The predicted octanol–water partition coefficient (Wildman–Crippen LogP) is 1.78. The Bertz CT molecular complexity index is 378. The van der Waals surface area contributed by atoms with Crippen LogP contribution < -0.4 is 5.32 Å². The third-order valence-electron chi connectivity index (χ3n) is 3.68. The lowest BCUT2D eigenvalue weighted by atomic mass is 10.1. The van der Waals surface area contributed by atoms with Crippen molar-refractivity contribution in [2.75, 3.05) is 20.3 Å². The van der Waals surface area contributed by atoms with Crippen LogP contribution in [0.4, 0.5) is 0 Å². The summed E-state index contributed by atoms with van der Waals surface area (Å²) in [6, 6.07) is 0.588. The summed E-state index contributed by atoms with van der Waals surface area (Å²) in [5.74, 6) is 0. The molecule has 1 atom stereocenters. The van der Waals surface area contributed by atoms with E-state index < -0.39 is 0 Å². The highest BCUT2D eigenvalue weighted by Crippen LogP contribution is 2.06. The van der Waals surface area contributed by atoms with Crippen LogP contribution in [0.5, 0.6) is 0 Å². The highest BCUT2D eigenvalue weighted by Gasteiger charge is 2.09. The van der Waals surface area contributed by atoms with Crippen LogP contribution >= 0.6 is 0 Å². The van der Waals surface area contributed by atoms with E-state index in [1.807, 2.05) is 10.9 Å². The molecular formula is C16H32N4O2. The second kappa shape index (κ2) is 11.6. The number of nitrogens with zero attached hydrogens (tertiary/aromatic N) is 3. The number of nitrogens with one attached hydrogen (secondary N) is 1. The van der Waals surface area contributed by atoms with Crippen molar-refractivity contribution in [2.45, 2.75) is 71.1 Å². The van der Waals surface area contributed by atoms with Gasteiger partial charge in [-0.1, -0.05) is 38.3 Å². The van der Waals surface area contributed by atoms with Crippen molar-refractivity contribution in [1.29, 1.82) is 0 Å². The van der Waals surface area contributed by atoms with E-state index in [-0.39, 0.29) is 12.7 Å². The minimum atomic E-state index is -0.190. The summed E-state index contributed by atoms with van der Waals surface area (Å²) >= 11 is 0. The van der Waals surface area contributed by atoms with E-state index in [1.165, 1.54) is 25.7 Å². The summed E-state index contributed by atoms with van der Waals surface area (Å²) in [4.78, 5) is 0. The van der Waals surface area contributed by atoms with Crippen molar-refractivity contribution in [2.24, 2.45) is 0 Å². The quantitative estimate of drug-likeness (QED) is 0.543. The van der Waals surface area contributed by atoms with E-state index in [0.717, 1.165) is 25.2 Å². The first-order chi connectivity index (χ1) is 10.7. The lowest BCUT2D eigenvalue weighted by molar-refractivity contribution is 0.0488. The number of aryl methyl sites for hydroxylation is 1. The molecule has 0 aliphatic rings. The van der Waals surface area contributed by atoms with Gasteiger partial charge in [-0.3, -0.25) is 4.68 Å². The normalized spacial score (nSPS) is 13.0. The molecule has 1 rings (SSSR count). The first kappa shape index (κ1) is 19.1. The maximum absolute atomic E-state index is 9.10. The average molecular weight is 312 g/mol. The highest BCUT2D eigenvalue weighted by atomic mass is 16.5. The molecule has 0 bridgehead atoms. The van der Waals surface area contributed by atoms with E-state index in [1.54, 1.807) is 7.11 Å². The highest BCUT2D eigenvalue weighted by molar-refractivity contribution is 4.94. The second-order valence-corrected chi connectivity index (χ2v) is 6.09. The van der Waals surface area contributed by atoms with Gasteiger partial charge in [-0.15, -0.1) is 5.10 Å². The smallest absolute Gasteiger partial charge is 0.0858 e. The van der Waals surface area contributed by atoms with Gasteiger partial charge < -0.3 is 15.2 Å². The fourth-order valence-electron chi connectivity index (χ4n) is 2.32. The summed E-state index contributed by atoms with van der Waals surface area (Å²) < 4.78 is 7.03. The summed E-state index contributed by atoms with van der Waals surface area (Å²) in [5.41, 5.74) is 0.876. The number of hydrogen-bond donors (Lipinski definition) is 2. The monoisotopic (exact) mass is 312 g/mol. The Hall–Kier alpha value is -0.980. The summed E-state index contributed by atoms with van der Waals surface area (Å²) in [6.07, 6.45) is 8.55. The fourth-order valence-corrected chi connectivity index (χ4v) is 2.32. The molecule has 0 saturated carbocycles. The second-order valence-electron chi connectivity index (χ2n) is 6.09. The predicted molar refractivity (Wildman–Crippen MR) is 87.8 cm³/mol. The molecule has 1 aromatic heterocycles. The van der Waals surface area contributed by atoms with Crippen LogP contribution in [0.1, 0.15) is 51.6 Å². The molecule has 1 heterocycles. The van der Waals surface area contributed by atoms with Gasteiger partial charge in [-0.05, 0) is 19.4 Å². The molecule has 0 saturated heterocycles. The van der Waals surface area contributed by atoms with Gasteiger partial charge in [0.05, 0.1) is 18.4 Å². The molecule has 6 nitrogen and oxygen atoms in total. The molecule has 0 radical (unpaired) electrons. The first-order valence-corrected chi connectivity index (χ1v) is 8.41. The molecule has 0 spiro atoms. The van der Waals surface area contributed by atoms with Crippen molar-refractivity contribution >= 4 is 0 Å². The Morgan fingerprint density at radius 2 is 1.95 bits per heavy atom. The molecule has 0 aliphatic carbocycles. The van der Waals surface area contributed by atoms with E-state index in [0.29, 0.717) is 12.5 Å². The van der Waals surface area contributed by atoms with E-state index in [4.69, 9.17) is 9.84 Å². The standard InChI is InChI=1S/C16H32N4O2/c1-14(2)17-9-7-5-4-6-8-10-20-12-15(18-19-20)11-16(13-21)22-3/h12,14,16-17,21H,4-11,13H2,1-3H3. The Balaban J connectivity index is 2.07. The number of methoxy groups -OCH3 is 1. The Kier molecular flexibility index (Phi) is 10.0. The molecule has 1 aromatic rings. The number of rotatable bonds is 13. The zero-order valence-corrected chi connectivity index (χ0v) is 14.3. The molecule has 6 heteroatoms. The van der Waals surface area contributed by atoms with Gasteiger partial charge >= 0.3 is 0 Å². The summed E-state index contributed by atoms with van der Waals surface area (Å²) in [5, 5.41) is 20.8. The summed E-state index contributed by atoms with van der Waals surface area (Å²) in [6.45, 7) is 6.40. The first-order valence-electron chi connectivity index (χ1n) is 8.41. The summed E-state index contributed by atoms with van der Waals surface area (Å²) in [7, 11) is 1.60. The van der Waals surface area contributed by atoms with Crippen molar-refractivity contribution in [3.8, 4) is 0 Å². The largest absolute Gasteiger partial charge is 0.394 e. The van der Waals surface area contributed by atoms with E-state index in [2.05, 4.69) is 29.5 Å². The number of hydrogen-bond acceptors (Lipinski definition) is 5. The van der Waals surface area contributed by atoms with Crippen LogP contribution in [0.2, 0.25) is 0 Å². The van der Waals surface area contributed by atoms with Crippen molar-refractivity contribution in [3.05, 3.63) is 11.9 Å². The topological polar surface area (TPSA) is 72.2 Å². The van der Waals surface area contributed by atoms with Gasteiger partial charge in [-0.25, -0.2) is 0 Å². The number of aromatic nitrogens is 3. The molecule has 22 heavy (non-hydrogen) atoms. The maximum atomic E-state index is 9.10. The number of ether oxygens (including phenoxy) is 1. The van der Waals surface area contributed by atoms with Crippen molar-refractivity contribution < 1.29 is 9.84 Å². The van der Waals surface area contributed by atoms with Crippen LogP contribution in [0.3, 0.4) is 0 Å². The van der Waals surface area contributed by atoms with Crippen LogP contribution in [0, 0.1) is 0 Å². The molecular weight excluding hydrogens is 280 g/mol. The minimum Gasteiger partial charge on any atom is -0.394 e. The fraction of sp³-hybridized carbons (Fsp3) is 0.875. The molecule has 128 valence electrons.